The predicted molar refractivity (Wildman–Crippen MR) is 71.4 cm³/mol. The average Bonchev–Trinajstić information content (AvgIpc) is 2.81. The van der Waals surface area contributed by atoms with Crippen LogP contribution in [0.2, 0.25) is 0 Å². The first-order valence-electron chi connectivity index (χ1n) is 7.30. The smallest absolute Gasteiger partial charge is 0.0133 e. The van der Waals surface area contributed by atoms with E-state index in [0.717, 1.165) is 0 Å². The van der Waals surface area contributed by atoms with Crippen molar-refractivity contribution in [2.24, 2.45) is 0 Å². The molecule has 1 saturated heterocycles. The molecule has 0 N–H and O–H groups in total. The summed E-state index contributed by atoms with van der Waals surface area (Å²) in [7, 11) is 2.25. The summed E-state index contributed by atoms with van der Waals surface area (Å²) in [4.78, 5) is 0. The highest BCUT2D eigenvalue weighted by Gasteiger charge is 2.14. The fourth-order valence-electron chi connectivity index (χ4n) is 2.48. The number of hydrazine groups is 1. The highest BCUT2D eigenvalue weighted by atomic mass is 15.6. The van der Waals surface area contributed by atoms with Gasteiger partial charge in [0.05, 0.1) is 0 Å². The van der Waals surface area contributed by atoms with Gasteiger partial charge in [-0.25, -0.2) is 10.0 Å². The molecule has 0 aromatic carbocycles. The molecule has 1 fully saturated rings. The molecule has 1 heterocycles. The van der Waals surface area contributed by atoms with E-state index in [2.05, 4.69) is 24.0 Å². The monoisotopic (exact) mass is 226 g/mol. The molecule has 0 atom stereocenters. The first kappa shape index (κ1) is 14.0. The number of nitrogens with zero attached hydrogens (tertiary/aromatic N) is 2. The van der Waals surface area contributed by atoms with Gasteiger partial charge in [-0.05, 0) is 19.3 Å². The first-order valence-corrected chi connectivity index (χ1v) is 7.30. The van der Waals surface area contributed by atoms with Crippen LogP contribution in [0.4, 0.5) is 0 Å². The lowest BCUT2D eigenvalue weighted by molar-refractivity contribution is 0.0230. The Bertz CT molecular complexity index is 153. The number of hydrogen-bond acceptors (Lipinski definition) is 2. The minimum absolute atomic E-state index is 1.26. The van der Waals surface area contributed by atoms with Crippen LogP contribution >= 0.6 is 0 Å². The summed E-state index contributed by atoms with van der Waals surface area (Å²) >= 11 is 0. The van der Waals surface area contributed by atoms with Gasteiger partial charge in [-0.2, -0.15) is 0 Å². The van der Waals surface area contributed by atoms with Crippen molar-refractivity contribution in [3.63, 3.8) is 0 Å². The number of hydrogen-bond donors (Lipinski definition) is 0. The van der Waals surface area contributed by atoms with Gasteiger partial charge in [0.15, 0.2) is 0 Å². The highest BCUT2D eigenvalue weighted by molar-refractivity contribution is 4.63. The lowest BCUT2D eigenvalue weighted by Gasteiger charge is -2.27. The van der Waals surface area contributed by atoms with Gasteiger partial charge in [0, 0.05) is 26.7 Å². The van der Waals surface area contributed by atoms with E-state index in [1.165, 1.54) is 77.4 Å². The molecule has 16 heavy (non-hydrogen) atoms. The second-order valence-electron chi connectivity index (χ2n) is 5.16. The SMILES string of the molecule is CCCCCCCCCN(C)N1CCCC1. The van der Waals surface area contributed by atoms with Crippen LogP contribution in [0.15, 0.2) is 0 Å². The number of unbranched alkanes of at least 4 members (excludes halogenated alkanes) is 6. The second-order valence-corrected chi connectivity index (χ2v) is 5.16. The fourth-order valence-corrected chi connectivity index (χ4v) is 2.48. The molecule has 1 aliphatic heterocycles. The molecule has 0 amide bonds. The zero-order valence-corrected chi connectivity index (χ0v) is 11.4. The van der Waals surface area contributed by atoms with E-state index in [9.17, 15) is 0 Å². The van der Waals surface area contributed by atoms with E-state index in [4.69, 9.17) is 0 Å². The van der Waals surface area contributed by atoms with E-state index >= 15 is 0 Å². The standard InChI is InChI=1S/C14H30N2/c1-3-4-5-6-7-8-9-12-15(2)16-13-10-11-14-16/h3-14H2,1-2H3. The summed E-state index contributed by atoms with van der Waals surface area (Å²) in [6, 6.07) is 0. The summed E-state index contributed by atoms with van der Waals surface area (Å²) in [5.74, 6) is 0. The summed E-state index contributed by atoms with van der Waals surface area (Å²) in [5, 5.41) is 4.95. The van der Waals surface area contributed by atoms with Crippen molar-refractivity contribution in [2.45, 2.75) is 64.7 Å². The van der Waals surface area contributed by atoms with Crippen LogP contribution in [0.5, 0.6) is 0 Å². The van der Waals surface area contributed by atoms with Crippen LogP contribution in [0.1, 0.15) is 64.7 Å². The van der Waals surface area contributed by atoms with Crippen molar-refractivity contribution in [3.8, 4) is 0 Å². The normalized spacial score (nSPS) is 17.4. The van der Waals surface area contributed by atoms with Crippen LogP contribution in [-0.4, -0.2) is 36.7 Å². The van der Waals surface area contributed by atoms with Crippen molar-refractivity contribution in [2.75, 3.05) is 26.7 Å². The van der Waals surface area contributed by atoms with E-state index in [0.29, 0.717) is 0 Å². The van der Waals surface area contributed by atoms with Gasteiger partial charge in [0.2, 0.25) is 0 Å². The molecule has 0 spiro atoms. The molecule has 1 aliphatic rings. The van der Waals surface area contributed by atoms with Crippen molar-refractivity contribution in [3.05, 3.63) is 0 Å². The Hall–Kier alpha value is -0.0800. The second kappa shape index (κ2) is 9.00. The molecule has 0 bridgehead atoms. The van der Waals surface area contributed by atoms with Crippen LogP contribution in [-0.2, 0) is 0 Å². The molecular weight excluding hydrogens is 196 g/mol. The molecule has 1 rings (SSSR count). The van der Waals surface area contributed by atoms with E-state index in [1.807, 2.05) is 0 Å². The van der Waals surface area contributed by atoms with Gasteiger partial charge in [0.1, 0.15) is 0 Å². The quantitative estimate of drug-likeness (QED) is 0.553. The molecule has 0 saturated carbocycles. The van der Waals surface area contributed by atoms with Gasteiger partial charge in [-0.3, -0.25) is 0 Å². The zero-order chi connectivity index (χ0) is 11.6. The summed E-state index contributed by atoms with van der Waals surface area (Å²) in [6.45, 7) is 6.11. The molecule has 0 radical (unpaired) electrons. The van der Waals surface area contributed by atoms with Crippen LogP contribution in [0.3, 0.4) is 0 Å². The van der Waals surface area contributed by atoms with E-state index < -0.39 is 0 Å². The Labute approximate surface area is 102 Å². The third-order valence-electron chi connectivity index (χ3n) is 3.65. The van der Waals surface area contributed by atoms with Gasteiger partial charge in [-0.15, -0.1) is 0 Å². The van der Waals surface area contributed by atoms with Gasteiger partial charge in [0.25, 0.3) is 0 Å². The molecule has 0 aliphatic carbocycles. The summed E-state index contributed by atoms with van der Waals surface area (Å²) in [6.07, 6.45) is 12.7. The van der Waals surface area contributed by atoms with Crippen LogP contribution < -0.4 is 0 Å². The van der Waals surface area contributed by atoms with Crippen LogP contribution in [0.25, 0.3) is 0 Å². The Morgan fingerprint density at radius 3 is 2.06 bits per heavy atom. The molecule has 2 nitrogen and oxygen atoms in total. The summed E-state index contributed by atoms with van der Waals surface area (Å²) < 4.78 is 0. The van der Waals surface area contributed by atoms with Crippen LogP contribution in [0, 0.1) is 0 Å². The molecule has 0 unspecified atom stereocenters. The highest BCUT2D eigenvalue weighted by Crippen LogP contribution is 2.11. The average molecular weight is 226 g/mol. The van der Waals surface area contributed by atoms with Crippen molar-refractivity contribution in [1.82, 2.24) is 10.0 Å². The Morgan fingerprint density at radius 1 is 0.875 bits per heavy atom. The molecular formula is C14H30N2. The molecule has 0 aromatic rings. The zero-order valence-electron chi connectivity index (χ0n) is 11.4. The van der Waals surface area contributed by atoms with E-state index in [-0.39, 0.29) is 0 Å². The largest absolute Gasteiger partial charge is 0.245 e. The maximum Gasteiger partial charge on any atom is 0.0133 e. The third kappa shape index (κ3) is 5.86. The third-order valence-corrected chi connectivity index (χ3v) is 3.65. The predicted octanol–water partition coefficient (Wildman–Crippen LogP) is 3.68. The Kier molecular flexibility index (Phi) is 7.87. The minimum Gasteiger partial charge on any atom is -0.245 e. The Morgan fingerprint density at radius 2 is 1.44 bits per heavy atom. The van der Waals surface area contributed by atoms with Crippen molar-refractivity contribution >= 4 is 0 Å². The van der Waals surface area contributed by atoms with Gasteiger partial charge in [-0.1, -0.05) is 45.4 Å². The van der Waals surface area contributed by atoms with E-state index in [1.54, 1.807) is 0 Å². The van der Waals surface area contributed by atoms with Crippen molar-refractivity contribution < 1.29 is 0 Å². The number of rotatable bonds is 9. The topological polar surface area (TPSA) is 6.48 Å². The molecule has 0 aromatic heterocycles. The fraction of sp³-hybridized carbons (Fsp3) is 1.00. The maximum atomic E-state index is 2.51. The first-order chi connectivity index (χ1) is 7.84. The lowest BCUT2D eigenvalue weighted by atomic mass is 10.1. The minimum atomic E-state index is 1.26. The maximum absolute atomic E-state index is 2.51. The van der Waals surface area contributed by atoms with Crippen molar-refractivity contribution in [1.29, 1.82) is 0 Å². The van der Waals surface area contributed by atoms with Gasteiger partial charge < -0.3 is 0 Å². The van der Waals surface area contributed by atoms with Gasteiger partial charge >= 0.3 is 0 Å². The molecule has 96 valence electrons. The lowest BCUT2D eigenvalue weighted by Crippen LogP contribution is -2.37. The summed E-state index contributed by atoms with van der Waals surface area (Å²) in [5.41, 5.74) is 0. The molecule has 2 heteroatoms. The Balaban J connectivity index is 1.86.